The lowest BCUT2D eigenvalue weighted by atomic mass is 9.96. The van der Waals surface area contributed by atoms with E-state index in [1.54, 1.807) is 0 Å². The Balaban J connectivity index is 1.64. The molecule has 5 nitrogen and oxygen atoms in total. The first kappa shape index (κ1) is 25.0. The fourth-order valence-electron chi connectivity index (χ4n) is 5.32. The summed E-state index contributed by atoms with van der Waals surface area (Å²) in [6, 6.07) is 23.0. The number of anilines is 1. The normalized spacial score (nSPS) is 17.4. The maximum Gasteiger partial charge on any atom is 0.174 e. The average Bonchev–Trinajstić information content (AvgIpc) is 3.36. The zero-order chi connectivity index (χ0) is 26.3. The van der Waals surface area contributed by atoms with Crippen molar-refractivity contribution in [3.05, 3.63) is 107 Å². The van der Waals surface area contributed by atoms with Crippen molar-refractivity contribution in [1.29, 1.82) is 0 Å². The van der Waals surface area contributed by atoms with E-state index in [0.717, 1.165) is 17.1 Å². The molecule has 0 amide bonds. The van der Waals surface area contributed by atoms with Gasteiger partial charge in [-0.2, -0.15) is 0 Å². The number of hydrogen-bond acceptors (Lipinski definition) is 3. The summed E-state index contributed by atoms with van der Waals surface area (Å²) in [5.41, 5.74) is 9.32. The number of nitrogens with zero attached hydrogens (tertiary/aromatic N) is 3. The Morgan fingerprint density at radius 1 is 0.946 bits per heavy atom. The SMILES string of the molecule is Cc1ccc(C)c(-n2c(C)cc([C@@H]3[C@@H](c4ccccn4)NC(=S)N3c3ccc(OC(C)C)cc3)c2C)c1. The number of thiocarbonyl (C=S) groups is 1. The van der Waals surface area contributed by atoms with Crippen LogP contribution in [0.2, 0.25) is 0 Å². The van der Waals surface area contributed by atoms with Gasteiger partial charge in [0.2, 0.25) is 0 Å². The van der Waals surface area contributed by atoms with E-state index in [9.17, 15) is 0 Å². The fourth-order valence-corrected chi connectivity index (χ4v) is 5.67. The van der Waals surface area contributed by atoms with Crippen molar-refractivity contribution < 1.29 is 4.74 Å². The lowest BCUT2D eigenvalue weighted by molar-refractivity contribution is 0.242. The molecule has 2 aromatic carbocycles. The van der Waals surface area contributed by atoms with E-state index >= 15 is 0 Å². The summed E-state index contributed by atoms with van der Waals surface area (Å²) in [7, 11) is 0. The number of rotatable bonds is 6. The van der Waals surface area contributed by atoms with Gasteiger partial charge in [-0.3, -0.25) is 4.98 Å². The standard InChI is InChI=1S/C31H34N4OS/c1-19(2)36-25-14-12-24(13-15-25)35-30(29(33-31(35)37)27-9-7-8-16-32-27)26-18-22(5)34(23(26)6)28-17-20(3)10-11-21(28)4/h7-19,29-30H,1-6H3,(H,33,37)/t29-,30-/m1/s1. The number of nitrogens with one attached hydrogen (secondary N) is 1. The molecule has 0 saturated carbocycles. The topological polar surface area (TPSA) is 42.3 Å². The molecule has 1 saturated heterocycles. The number of hydrogen-bond donors (Lipinski definition) is 1. The maximum atomic E-state index is 5.94. The van der Waals surface area contributed by atoms with Crippen LogP contribution < -0.4 is 15.0 Å². The molecule has 190 valence electrons. The molecule has 6 heteroatoms. The molecule has 0 spiro atoms. The van der Waals surface area contributed by atoms with Crippen molar-refractivity contribution in [2.75, 3.05) is 4.90 Å². The van der Waals surface area contributed by atoms with Crippen molar-refractivity contribution in [2.45, 2.75) is 59.7 Å². The highest BCUT2D eigenvalue weighted by molar-refractivity contribution is 7.80. The van der Waals surface area contributed by atoms with Gasteiger partial charge >= 0.3 is 0 Å². The summed E-state index contributed by atoms with van der Waals surface area (Å²) >= 11 is 5.94. The predicted molar refractivity (Wildman–Crippen MR) is 155 cm³/mol. The maximum absolute atomic E-state index is 5.94. The van der Waals surface area contributed by atoms with Gasteiger partial charge in [0.15, 0.2) is 5.11 Å². The van der Waals surface area contributed by atoms with Gasteiger partial charge in [0.25, 0.3) is 0 Å². The van der Waals surface area contributed by atoms with Crippen molar-refractivity contribution in [3.8, 4) is 11.4 Å². The van der Waals surface area contributed by atoms with Gasteiger partial charge in [0.05, 0.1) is 23.9 Å². The Bertz CT molecular complexity index is 1430. The molecule has 5 rings (SSSR count). The van der Waals surface area contributed by atoms with Gasteiger partial charge in [0.1, 0.15) is 5.75 Å². The molecular formula is C31H34N4OS. The fraction of sp³-hybridized carbons (Fsp3) is 0.290. The lowest BCUT2D eigenvalue weighted by Gasteiger charge is -2.28. The second-order valence-electron chi connectivity index (χ2n) is 10.1. The van der Waals surface area contributed by atoms with Gasteiger partial charge in [0, 0.05) is 29.0 Å². The van der Waals surface area contributed by atoms with Crippen molar-refractivity contribution in [3.63, 3.8) is 0 Å². The van der Waals surface area contributed by atoms with Crippen molar-refractivity contribution >= 4 is 23.0 Å². The zero-order valence-corrected chi connectivity index (χ0v) is 23.1. The molecule has 1 aliphatic rings. The Hall–Kier alpha value is -3.64. The van der Waals surface area contributed by atoms with Crippen LogP contribution >= 0.6 is 12.2 Å². The molecular weight excluding hydrogens is 476 g/mol. The van der Waals surface area contributed by atoms with Crippen LogP contribution in [0.3, 0.4) is 0 Å². The summed E-state index contributed by atoms with van der Waals surface area (Å²) < 4.78 is 8.26. The van der Waals surface area contributed by atoms with E-state index in [-0.39, 0.29) is 18.2 Å². The first-order valence-electron chi connectivity index (χ1n) is 12.8. The minimum absolute atomic E-state index is 0.0654. The van der Waals surface area contributed by atoms with Crippen molar-refractivity contribution in [2.24, 2.45) is 0 Å². The minimum Gasteiger partial charge on any atom is -0.491 e. The number of aryl methyl sites for hydroxylation is 3. The van der Waals surface area contributed by atoms with E-state index < -0.39 is 0 Å². The third-order valence-electron chi connectivity index (χ3n) is 6.98. The number of ether oxygens (including phenoxy) is 1. The monoisotopic (exact) mass is 510 g/mol. The molecule has 2 atom stereocenters. The molecule has 4 aromatic rings. The number of pyridine rings is 1. The predicted octanol–water partition coefficient (Wildman–Crippen LogP) is 7.07. The molecule has 2 aromatic heterocycles. The van der Waals surface area contributed by atoms with E-state index in [2.05, 4.69) is 84.9 Å². The van der Waals surface area contributed by atoms with Gasteiger partial charge in [-0.15, -0.1) is 0 Å². The Morgan fingerprint density at radius 2 is 1.70 bits per heavy atom. The van der Waals surface area contributed by atoms with Crippen LogP contribution in [-0.2, 0) is 0 Å². The second kappa shape index (κ2) is 10.0. The molecule has 37 heavy (non-hydrogen) atoms. The van der Waals surface area contributed by atoms with Gasteiger partial charge in [-0.1, -0.05) is 18.2 Å². The van der Waals surface area contributed by atoms with Gasteiger partial charge in [-0.25, -0.2) is 0 Å². The van der Waals surface area contributed by atoms with E-state index in [4.69, 9.17) is 21.9 Å². The Labute approximate surface area is 225 Å². The number of aromatic nitrogens is 2. The summed E-state index contributed by atoms with van der Waals surface area (Å²) in [5.74, 6) is 0.850. The molecule has 0 radical (unpaired) electrons. The van der Waals surface area contributed by atoms with E-state index in [1.165, 1.54) is 33.8 Å². The summed E-state index contributed by atoms with van der Waals surface area (Å²) in [5, 5.41) is 4.27. The molecule has 0 unspecified atom stereocenters. The highest BCUT2D eigenvalue weighted by atomic mass is 32.1. The van der Waals surface area contributed by atoms with Crippen LogP contribution in [0.5, 0.6) is 5.75 Å². The van der Waals surface area contributed by atoms with E-state index in [0.29, 0.717) is 5.11 Å². The Morgan fingerprint density at radius 3 is 2.38 bits per heavy atom. The first-order chi connectivity index (χ1) is 17.7. The van der Waals surface area contributed by atoms with Crippen LogP contribution in [0.25, 0.3) is 5.69 Å². The first-order valence-corrected chi connectivity index (χ1v) is 13.2. The lowest BCUT2D eigenvalue weighted by Crippen LogP contribution is -2.29. The molecule has 0 aliphatic carbocycles. The number of benzene rings is 2. The van der Waals surface area contributed by atoms with Crippen LogP contribution in [-0.4, -0.2) is 20.8 Å². The minimum atomic E-state index is -0.0900. The molecule has 3 heterocycles. The zero-order valence-electron chi connectivity index (χ0n) is 22.3. The van der Waals surface area contributed by atoms with E-state index in [1.807, 2.05) is 44.3 Å². The largest absolute Gasteiger partial charge is 0.491 e. The van der Waals surface area contributed by atoms with Gasteiger partial charge in [-0.05, 0) is 119 Å². The molecule has 0 bridgehead atoms. The third kappa shape index (κ3) is 4.74. The summed E-state index contributed by atoms with van der Waals surface area (Å²) in [4.78, 5) is 6.94. The molecule has 1 aliphatic heterocycles. The third-order valence-corrected chi connectivity index (χ3v) is 7.29. The highest BCUT2D eigenvalue weighted by Crippen LogP contribution is 2.44. The molecule has 1 fully saturated rings. The Kier molecular flexibility index (Phi) is 6.78. The van der Waals surface area contributed by atoms with Crippen LogP contribution in [0.1, 0.15) is 59.7 Å². The van der Waals surface area contributed by atoms with Crippen LogP contribution in [0.4, 0.5) is 5.69 Å². The summed E-state index contributed by atoms with van der Waals surface area (Å²) in [6.07, 6.45) is 1.97. The molecule has 1 N–H and O–H groups in total. The quantitative estimate of drug-likeness (QED) is 0.281. The summed E-state index contributed by atoms with van der Waals surface area (Å²) in [6.45, 7) is 12.8. The van der Waals surface area contributed by atoms with Crippen molar-refractivity contribution in [1.82, 2.24) is 14.9 Å². The second-order valence-corrected chi connectivity index (χ2v) is 10.5. The van der Waals surface area contributed by atoms with Crippen LogP contribution in [0.15, 0.2) is 72.9 Å². The van der Waals surface area contributed by atoms with Crippen LogP contribution in [0, 0.1) is 27.7 Å². The average molecular weight is 511 g/mol. The highest BCUT2D eigenvalue weighted by Gasteiger charge is 2.42. The smallest absolute Gasteiger partial charge is 0.174 e. The van der Waals surface area contributed by atoms with Gasteiger partial charge < -0.3 is 19.5 Å².